The molecule has 1 aromatic carbocycles. The van der Waals surface area contributed by atoms with Crippen molar-refractivity contribution < 1.29 is 4.79 Å². The average Bonchev–Trinajstić information content (AvgIpc) is 2.07. The van der Waals surface area contributed by atoms with E-state index in [9.17, 15) is 4.79 Å². The molecule has 58 valence electrons. The number of hydrogen-bond acceptors (Lipinski definition) is 2. The second-order valence-corrected chi connectivity index (χ2v) is 2.16. The predicted octanol–water partition coefficient (Wildman–Crippen LogP) is 0.714. The Morgan fingerprint density at radius 2 is 2.00 bits per heavy atom. The van der Waals surface area contributed by atoms with Gasteiger partial charge in [0.25, 0.3) is 0 Å². The number of benzene rings is 1. The van der Waals surface area contributed by atoms with E-state index in [4.69, 9.17) is 5.73 Å². The van der Waals surface area contributed by atoms with E-state index in [1.165, 1.54) is 0 Å². The highest BCUT2D eigenvalue weighted by Crippen LogP contribution is 2.07. The van der Waals surface area contributed by atoms with Gasteiger partial charge in [0.1, 0.15) is 0 Å². The van der Waals surface area contributed by atoms with E-state index >= 15 is 0 Å². The monoisotopic (exact) mass is 150 g/mol. The van der Waals surface area contributed by atoms with E-state index in [0.717, 1.165) is 11.3 Å². The molecule has 0 aliphatic rings. The van der Waals surface area contributed by atoms with E-state index < -0.39 is 0 Å². The Morgan fingerprint density at radius 1 is 1.36 bits per heavy atom. The highest BCUT2D eigenvalue weighted by Gasteiger charge is 1.89. The molecule has 0 saturated carbocycles. The molecule has 0 heterocycles. The van der Waals surface area contributed by atoms with Crippen LogP contribution in [0.15, 0.2) is 24.3 Å². The number of nitrogens with one attached hydrogen (secondary N) is 1. The van der Waals surface area contributed by atoms with Crippen LogP contribution in [0.1, 0.15) is 5.56 Å². The number of hydrogen-bond donors (Lipinski definition) is 2. The Labute approximate surface area is 65.2 Å². The smallest absolute Gasteiger partial charge is 0.211 e. The van der Waals surface area contributed by atoms with Crippen LogP contribution in [0.3, 0.4) is 0 Å². The van der Waals surface area contributed by atoms with Gasteiger partial charge in [-0.15, -0.1) is 0 Å². The Balaban J connectivity index is 2.74. The summed E-state index contributed by atoms with van der Waals surface area (Å²) in [4.78, 5) is 9.99. The summed E-state index contributed by atoms with van der Waals surface area (Å²) in [5, 5.41) is 2.54. The van der Waals surface area contributed by atoms with Crippen molar-refractivity contribution in [3.8, 4) is 0 Å². The maximum absolute atomic E-state index is 9.99. The van der Waals surface area contributed by atoms with E-state index in [1.807, 2.05) is 24.3 Å². The number of carbonyl (C=O) groups excluding carboxylic acids is 1. The first-order valence-corrected chi connectivity index (χ1v) is 3.36. The predicted molar refractivity (Wildman–Crippen MR) is 44.0 cm³/mol. The fraction of sp³-hybridized carbons (Fsp3) is 0.125. The van der Waals surface area contributed by atoms with Gasteiger partial charge in [0.2, 0.25) is 6.41 Å². The summed E-state index contributed by atoms with van der Waals surface area (Å²) in [6.07, 6.45) is 0.650. The third kappa shape index (κ3) is 2.05. The summed E-state index contributed by atoms with van der Waals surface area (Å²) in [7, 11) is 0. The zero-order valence-electron chi connectivity index (χ0n) is 6.08. The second kappa shape index (κ2) is 3.73. The van der Waals surface area contributed by atoms with Crippen molar-refractivity contribution in [1.82, 2.24) is 0 Å². The summed E-state index contributed by atoms with van der Waals surface area (Å²) in [6.45, 7) is 0.529. The molecule has 1 aromatic rings. The molecule has 0 unspecified atom stereocenters. The Bertz CT molecular complexity index is 230. The number of nitrogens with two attached hydrogens (primary N) is 1. The summed E-state index contributed by atoms with van der Waals surface area (Å²) in [5.74, 6) is 0. The van der Waals surface area contributed by atoms with Gasteiger partial charge in [-0.05, 0) is 17.7 Å². The molecule has 0 atom stereocenters. The third-order valence-corrected chi connectivity index (χ3v) is 1.42. The Kier molecular flexibility index (Phi) is 2.63. The molecule has 0 radical (unpaired) electrons. The van der Waals surface area contributed by atoms with E-state index in [-0.39, 0.29) is 0 Å². The van der Waals surface area contributed by atoms with Crippen molar-refractivity contribution >= 4 is 12.1 Å². The lowest BCUT2D eigenvalue weighted by molar-refractivity contribution is -0.105. The number of rotatable bonds is 3. The van der Waals surface area contributed by atoms with Gasteiger partial charge >= 0.3 is 0 Å². The third-order valence-electron chi connectivity index (χ3n) is 1.42. The van der Waals surface area contributed by atoms with Gasteiger partial charge in [-0.25, -0.2) is 0 Å². The van der Waals surface area contributed by atoms with Crippen LogP contribution in [0.5, 0.6) is 0 Å². The molecule has 0 aliphatic heterocycles. The molecule has 3 N–H and O–H groups in total. The Morgan fingerprint density at radius 3 is 2.45 bits per heavy atom. The van der Waals surface area contributed by atoms with Crippen molar-refractivity contribution in [3.05, 3.63) is 29.8 Å². The van der Waals surface area contributed by atoms with Crippen LogP contribution in [0, 0.1) is 0 Å². The maximum atomic E-state index is 9.99. The van der Waals surface area contributed by atoms with Crippen LogP contribution in [0.25, 0.3) is 0 Å². The molecule has 1 amide bonds. The molecule has 3 nitrogen and oxygen atoms in total. The van der Waals surface area contributed by atoms with E-state index in [0.29, 0.717) is 13.0 Å². The van der Waals surface area contributed by atoms with Crippen molar-refractivity contribution in [2.75, 3.05) is 5.32 Å². The topological polar surface area (TPSA) is 55.1 Å². The first kappa shape index (κ1) is 7.75. The van der Waals surface area contributed by atoms with Gasteiger partial charge < -0.3 is 11.1 Å². The fourth-order valence-corrected chi connectivity index (χ4v) is 0.805. The molecule has 0 fully saturated rings. The molecule has 0 spiro atoms. The lowest BCUT2D eigenvalue weighted by atomic mass is 10.2. The summed E-state index contributed by atoms with van der Waals surface area (Å²) in [5.41, 5.74) is 7.23. The average molecular weight is 150 g/mol. The molecule has 0 aliphatic carbocycles. The highest BCUT2D eigenvalue weighted by atomic mass is 16.1. The molecule has 0 aromatic heterocycles. The lowest BCUT2D eigenvalue weighted by Gasteiger charge is -1.98. The van der Waals surface area contributed by atoms with Crippen LogP contribution in [0.2, 0.25) is 0 Å². The summed E-state index contributed by atoms with van der Waals surface area (Å²) in [6, 6.07) is 7.39. The molecule has 3 heteroatoms. The molecular weight excluding hydrogens is 140 g/mol. The minimum Gasteiger partial charge on any atom is -0.329 e. The van der Waals surface area contributed by atoms with E-state index in [1.54, 1.807) is 0 Å². The molecule has 0 saturated heterocycles. The lowest BCUT2D eigenvalue weighted by Crippen LogP contribution is -1.97. The first-order valence-electron chi connectivity index (χ1n) is 3.36. The zero-order chi connectivity index (χ0) is 8.10. The van der Waals surface area contributed by atoms with E-state index in [2.05, 4.69) is 5.32 Å². The Hall–Kier alpha value is -1.35. The number of amides is 1. The number of anilines is 1. The summed E-state index contributed by atoms with van der Waals surface area (Å²) < 4.78 is 0. The highest BCUT2D eigenvalue weighted by molar-refractivity contribution is 5.70. The molecule has 1 rings (SSSR count). The number of carbonyl (C=O) groups is 1. The standard InChI is InChI=1S/C8H10N2O/c9-5-7-1-3-8(4-2-7)10-6-11/h1-4,6H,5,9H2,(H,10,11). The van der Waals surface area contributed by atoms with Crippen LogP contribution < -0.4 is 11.1 Å². The van der Waals surface area contributed by atoms with Crippen molar-refractivity contribution in [1.29, 1.82) is 0 Å². The quantitative estimate of drug-likeness (QED) is 0.623. The van der Waals surface area contributed by atoms with Gasteiger partial charge in [0.05, 0.1) is 0 Å². The van der Waals surface area contributed by atoms with Gasteiger partial charge in [-0.1, -0.05) is 12.1 Å². The van der Waals surface area contributed by atoms with Gasteiger partial charge in [-0.3, -0.25) is 4.79 Å². The maximum Gasteiger partial charge on any atom is 0.211 e. The van der Waals surface area contributed by atoms with Crippen LogP contribution in [-0.4, -0.2) is 6.41 Å². The summed E-state index contributed by atoms with van der Waals surface area (Å²) >= 11 is 0. The van der Waals surface area contributed by atoms with Crippen LogP contribution in [-0.2, 0) is 11.3 Å². The minimum absolute atomic E-state index is 0.529. The van der Waals surface area contributed by atoms with Gasteiger partial charge in [0, 0.05) is 12.2 Å². The largest absolute Gasteiger partial charge is 0.329 e. The SMILES string of the molecule is NCc1ccc(NC=O)cc1. The van der Waals surface area contributed by atoms with Gasteiger partial charge in [0.15, 0.2) is 0 Å². The molecular formula is C8H10N2O. The zero-order valence-corrected chi connectivity index (χ0v) is 6.08. The van der Waals surface area contributed by atoms with Crippen LogP contribution >= 0.6 is 0 Å². The van der Waals surface area contributed by atoms with Crippen LogP contribution in [0.4, 0.5) is 5.69 Å². The fourth-order valence-electron chi connectivity index (χ4n) is 0.805. The normalized spacial score (nSPS) is 9.18. The first-order chi connectivity index (χ1) is 5.36. The van der Waals surface area contributed by atoms with Crippen molar-refractivity contribution in [2.45, 2.75) is 6.54 Å². The van der Waals surface area contributed by atoms with Crippen molar-refractivity contribution in [3.63, 3.8) is 0 Å². The van der Waals surface area contributed by atoms with Gasteiger partial charge in [-0.2, -0.15) is 0 Å². The van der Waals surface area contributed by atoms with Crippen molar-refractivity contribution in [2.24, 2.45) is 5.73 Å². The second-order valence-electron chi connectivity index (χ2n) is 2.16. The molecule has 0 bridgehead atoms. The minimum atomic E-state index is 0.529. The molecule has 11 heavy (non-hydrogen) atoms.